The quantitative estimate of drug-likeness (QED) is 0.634. The average Bonchev–Trinajstić information content (AvgIpc) is 3.01. The van der Waals surface area contributed by atoms with Crippen molar-refractivity contribution in [2.45, 2.75) is 20.0 Å². The van der Waals surface area contributed by atoms with E-state index in [9.17, 15) is 0 Å². The summed E-state index contributed by atoms with van der Waals surface area (Å²) in [7, 11) is 0. The van der Waals surface area contributed by atoms with E-state index >= 15 is 0 Å². The zero-order valence-electron chi connectivity index (χ0n) is 11.7. The Morgan fingerprint density at radius 3 is 2.90 bits per heavy atom. The van der Waals surface area contributed by atoms with Gasteiger partial charge in [-0.2, -0.15) is 0 Å². The van der Waals surface area contributed by atoms with E-state index in [0.717, 1.165) is 29.1 Å². The maximum absolute atomic E-state index is 6.18. The van der Waals surface area contributed by atoms with Gasteiger partial charge >= 0.3 is 0 Å². The second-order valence-electron chi connectivity index (χ2n) is 4.96. The van der Waals surface area contributed by atoms with Gasteiger partial charge in [-0.1, -0.05) is 24.6 Å². The molecule has 0 bridgehead atoms. The van der Waals surface area contributed by atoms with Gasteiger partial charge in [0.1, 0.15) is 0 Å². The van der Waals surface area contributed by atoms with Crippen LogP contribution in [0, 0.1) is 0 Å². The fourth-order valence-corrected chi connectivity index (χ4v) is 4.09. The molecule has 0 aliphatic heterocycles. The number of nitrogens with one attached hydrogen (secondary N) is 1. The largest absolute Gasteiger partial charge is 0.342 e. The van der Waals surface area contributed by atoms with Crippen LogP contribution in [0.1, 0.15) is 17.4 Å². The Bertz CT molecular complexity index is 763. The van der Waals surface area contributed by atoms with Crippen molar-refractivity contribution in [1.29, 1.82) is 0 Å². The van der Waals surface area contributed by atoms with Gasteiger partial charge < -0.3 is 9.88 Å². The first-order valence-corrected chi connectivity index (χ1v) is 8.93. The van der Waals surface area contributed by atoms with E-state index in [2.05, 4.69) is 62.5 Å². The molecule has 5 heteroatoms. The Kier molecular flexibility index (Phi) is 4.69. The Hall–Kier alpha value is -0.810. The highest BCUT2D eigenvalue weighted by Gasteiger charge is 2.10. The molecule has 0 atom stereocenters. The van der Waals surface area contributed by atoms with Crippen molar-refractivity contribution in [3.05, 3.63) is 55.8 Å². The van der Waals surface area contributed by atoms with Crippen molar-refractivity contribution in [3.63, 3.8) is 0 Å². The smallest absolute Gasteiger partial charge is 0.0569 e. The molecule has 1 aromatic carbocycles. The second kappa shape index (κ2) is 6.53. The van der Waals surface area contributed by atoms with Crippen molar-refractivity contribution in [2.24, 2.45) is 0 Å². The van der Waals surface area contributed by atoms with Crippen molar-refractivity contribution >= 4 is 49.8 Å². The maximum atomic E-state index is 6.18. The zero-order valence-corrected chi connectivity index (χ0v) is 14.9. The van der Waals surface area contributed by atoms with Gasteiger partial charge in [0.2, 0.25) is 0 Å². The van der Waals surface area contributed by atoms with E-state index in [1.165, 1.54) is 21.3 Å². The van der Waals surface area contributed by atoms with Crippen molar-refractivity contribution in [1.82, 2.24) is 9.88 Å². The number of nitrogens with zero attached hydrogens (tertiary/aromatic N) is 1. The first-order chi connectivity index (χ1) is 10.2. The lowest BCUT2D eigenvalue weighted by Gasteiger charge is -2.03. The zero-order chi connectivity index (χ0) is 14.8. The second-order valence-corrected chi connectivity index (χ2v) is 7.30. The minimum Gasteiger partial charge on any atom is -0.342 e. The molecule has 2 heterocycles. The standard InChI is InChI=1S/C16H16BrClN2S/c1-2-19-7-11-8-20(9-14-5-12(17)10-21-14)16-6-13(18)3-4-15(11)16/h3-6,8,10,19H,2,7,9H2,1H3. The number of aromatic nitrogens is 1. The molecular formula is C16H16BrClN2S. The minimum absolute atomic E-state index is 0.782. The highest BCUT2D eigenvalue weighted by molar-refractivity contribution is 9.10. The Morgan fingerprint density at radius 2 is 2.19 bits per heavy atom. The number of fused-ring (bicyclic) bond motifs is 1. The van der Waals surface area contributed by atoms with Gasteiger partial charge in [0, 0.05) is 37.9 Å². The molecule has 1 N–H and O–H groups in total. The van der Waals surface area contributed by atoms with Gasteiger partial charge in [0.25, 0.3) is 0 Å². The minimum atomic E-state index is 0.782. The molecule has 0 aliphatic rings. The Morgan fingerprint density at radius 1 is 1.33 bits per heavy atom. The molecule has 2 nitrogen and oxygen atoms in total. The lowest BCUT2D eigenvalue weighted by atomic mass is 10.2. The summed E-state index contributed by atoms with van der Waals surface area (Å²) in [5.41, 5.74) is 2.51. The number of hydrogen-bond donors (Lipinski definition) is 1. The van der Waals surface area contributed by atoms with E-state index in [1.807, 2.05) is 6.07 Å². The molecule has 0 fully saturated rings. The third-order valence-electron chi connectivity index (χ3n) is 3.44. The Labute approximate surface area is 141 Å². The number of benzene rings is 1. The monoisotopic (exact) mass is 382 g/mol. The van der Waals surface area contributed by atoms with Crippen LogP contribution >= 0.6 is 38.9 Å². The predicted octanol–water partition coefficient (Wildman–Crippen LogP) is 5.28. The summed E-state index contributed by atoms with van der Waals surface area (Å²) in [6.45, 7) is 4.85. The van der Waals surface area contributed by atoms with Gasteiger partial charge in [-0.05, 0) is 46.2 Å². The summed E-state index contributed by atoms with van der Waals surface area (Å²) in [6, 6.07) is 8.30. The highest BCUT2D eigenvalue weighted by atomic mass is 79.9. The average molecular weight is 384 g/mol. The van der Waals surface area contributed by atoms with Crippen LogP contribution in [0.2, 0.25) is 5.02 Å². The van der Waals surface area contributed by atoms with Crippen LogP contribution in [0.15, 0.2) is 40.3 Å². The molecule has 0 saturated heterocycles. The summed E-state index contributed by atoms with van der Waals surface area (Å²) in [5.74, 6) is 0. The molecule has 0 amide bonds. The van der Waals surface area contributed by atoms with Crippen LogP contribution in [-0.4, -0.2) is 11.1 Å². The van der Waals surface area contributed by atoms with Gasteiger partial charge in [0.05, 0.1) is 12.1 Å². The normalized spacial score (nSPS) is 11.4. The molecule has 0 spiro atoms. The van der Waals surface area contributed by atoms with Crippen LogP contribution < -0.4 is 5.32 Å². The molecular weight excluding hydrogens is 368 g/mol. The molecule has 110 valence electrons. The molecule has 0 aliphatic carbocycles. The molecule has 0 radical (unpaired) electrons. The third-order valence-corrected chi connectivity index (χ3v) is 5.36. The van der Waals surface area contributed by atoms with Crippen molar-refractivity contribution < 1.29 is 0 Å². The van der Waals surface area contributed by atoms with Gasteiger partial charge in [-0.25, -0.2) is 0 Å². The summed E-state index contributed by atoms with van der Waals surface area (Å²) in [6.07, 6.45) is 2.23. The van der Waals surface area contributed by atoms with Gasteiger partial charge in [-0.3, -0.25) is 0 Å². The van der Waals surface area contributed by atoms with E-state index in [1.54, 1.807) is 11.3 Å². The molecule has 3 aromatic rings. The van der Waals surface area contributed by atoms with Crippen LogP contribution in [0.4, 0.5) is 0 Å². The molecule has 0 unspecified atom stereocenters. The van der Waals surface area contributed by atoms with E-state index < -0.39 is 0 Å². The van der Waals surface area contributed by atoms with Crippen LogP contribution in [0.25, 0.3) is 10.9 Å². The number of rotatable bonds is 5. The topological polar surface area (TPSA) is 17.0 Å². The lowest BCUT2D eigenvalue weighted by Crippen LogP contribution is -2.11. The fourth-order valence-electron chi connectivity index (χ4n) is 2.48. The summed E-state index contributed by atoms with van der Waals surface area (Å²) in [5, 5.41) is 7.58. The van der Waals surface area contributed by atoms with Gasteiger partial charge in [-0.15, -0.1) is 11.3 Å². The molecule has 3 rings (SSSR count). The van der Waals surface area contributed by atoms with E-state index in [-0.39, 0.29) is 0 Å². The highest BCUT2D eigenvalue weighted by Crippen LogP contribution is 2.27. The number of halogens is 2. The summed E-state index contributed by atoms with van der Waals surface area (Å²) < 4.78 is 3.43. The van der Waals surface area contributed by atoms with Crippen LogP contribution in [0.3, 0.4) is 0 Å². The van der Waals surface area contributed by atoms with Crippen LogP contribution in [-0.2, 0) is 13.1 Å². The first kappa shape index (κ1) is 15.1. The number of thiophene rings is 1. The third kappa shape index (κ3) is 3.34. The molecule has 2 aromatic heterocycles. The van der Waals surface area contributed by atoms with E-state index in [4.69, 9.17) is 11.6 Å². The Balaban J connectivity index is 2.01. The number of hydrogen-bond acceptors (Lipinski definition) is 2. The summed E-state index contributed by atoms with van der Waals surface area (Å²) >= 11 is 11.5. The van der Waals surface area contributed by atoms with E-state index in [0.29, 0.717) is 0 Å². The molecule has 21 heavy (non-hydrogen) atoms. The predicted molar refractivity (Wildman–Crippen MR) is 95.4 cm³/mol. The fraction of sp³-hybridized carbons (Fsp3) is 0.250. The first-order valence-electron chi connectivity index (χ1n) is 6.88. The molecule has 0 saturated carbocycles. The lowest BCUT2D eigenvalue weighted by molar-refractivity contribution is 0.725. The van der Waals surface area contributed by atoms with Gasteiger partial charge in [0.15, 0.2) is 0 Å². The van der Waals surface area contributed by atoms with Crippen molar-refractivity contribution in [2.75, 3.05) is 6.54 Å². The van der Waals surface area contributed by atoms with Crippen LogP contribution in [0.5, 0.6) is 0 Å². The van der Waals surface area contributed by atoms with Crippen molar-refractivity contribution in [3.8, 4) is 0 Å². The SMILES string of the molecule is CCNCc1cn(Cc2cc(Br)cs2)c2cc(Cl)ccc12. The summed E-state index contributed by atoms with van der Waals surface area (Å²) in [4.78, 5) is 1.33. The maximum Gasteiger partial charge on any atom is 0.0569 e.